The van der Waals surface area contributed by atoms with Crippen LogP contribution >= 0.6 is 11.6 Å². The maximum atomic E-state index is 5.88. The van der Waals surface area contributed by atoms with Gasteiger partial charge in [0.1, 0.15) is 5.69 Å². The molecule has 2 aliphatic rings. The lowest BCUT2D eigenvalue weighted by atomic mass is 10.1. The molecule has 2 aromatic heterocycles. The topological polar surface area (TPSA) is 48.3 Å². The predicted octanol–water partition coefficient (Wildman–Crippen LogP) is 2.85. The van der Waals surface area contributed by atoms with Crippen molar-refractivity contribution in [2.75, 3.05) is 26.2 Å². The summed E-state index contributed by atoms with van der Waals surface area (Å²) in [6.45, 7) is 7.97. The lowest BCUT2D eigenvalue weighted by Gasteiger charge is -2.37. The molecule has 2 atom stereocenters. The minimum atomic E-state index is 0.407. The molecule has 0 aromatic carbocycles. The fourth-order valence-electron chi connectivity index (χ4n) is 3.84. The second kappa shape index (κ2) is 5.72. The van der Waals surface area contributed by atoms with Crippen LogP contribution in [0.2, 0.25) is 5.22 Å². The molecule has 0 bridgehead atoms. The van der Waals surface area contributed by atoms with Crippen LogP contribution in [0.1, 0.15) is 18.9 Å². The monoisotopic (exact) mass is 320 g/mol. The smallest absolute Gasteiger partial charge is 0.194 e. The highest BCUT2D eigenvalue weighted by molar-refractivity contribution is 6.28. The molecule has 118 valence electrons. The molecular formula is C16H21ClN4O. The van der Waals surface area contributed by atoms with Crippen molar-refractivity contribution < 1.29 is 4.42 Å². The average molecular weight is 321 g/mol. The van der Waals surface area contributed by atoms with E-state index in [2.05, 4.69) is 26.9 Å². The molecule has 2 saturated heterocycles. The summed E-state index contributed by atoms with van der Waals surface area (Å²) < 4.78 is 5.51. The quantitative estimate of drug-likeness (QED) is 0.944. The number of furan rings is 1. The Hall–Kier alpha value is -1.30. The predicted molar refractivity (Wildman–Crippen MR) is 85.7 cm³/mol. The molecule has 22 heavy (non-hydrogen) atoms. The van der Waals surface area contributed by atoms with E-state index in [1.165, 1.54) is 25.1 Å². The van der Waals surface area contributed by atoms with E-state index >= 15 is 0 Å². The molecule has 2 unspecified atom stereocenters. The molecule has 6 heteroatoms. The molecule has 0 spiro atoms. The molecule has 1 N–H and O–H groups in total. The van der Waals surface area contributed by atoms with Gasteiger partial charge in [-0.1, -0.05) is 6.92 Å². The van der Waals surface area contributed by atoms with Crippen molar-refractivity contribution in [2.45, 2.75) is 25.9 Å². The van der Waals surface area contributed by atoms with Crippen LogP contribution in [-0.4, -0.2) is 52.2 Å². The van der Waals surface area contributed by atoms with Gasteiger partial charge in [0, 0.05) is 44.3 Å². The second-order valence-electron chi connectivity index (χ2n) is 6.60. The van der Waals surface area contributed by atoms with Crippen LogP contribution in [0.4, 0.5) is 0 Å². The van der Waals surface area contributed by atoms with E-state index in [-0.39, 0.29) is 0 Å². The fourth-order valence-corrected chi connectivity index (χ4v) is 3.98. The first-order chi connectivity index (χ1) is 10.7. The lowest BCUT2D eigenvalue weighted by molar-refractivity contribution is 0.0991. The third-order valence-corrected chi connectivity index (χ3v) is 5.04. The van der Waals surface area contributed by atoms with Gasteiger partial charge in [0.05, 0.1) is 6.20 Å². The first-order valence-corrected chi connectivity index (χ1v) is 8.31. The lowest BCUT2D eigenvalue weighted by Crippen LogP contribution is -2.49. The number of halogens is 1. The summed E-state index contributed by atoms with van der Waals surface area (Å²) >= 11 is 5.88. The number of nitrogens with one attached hydrogen (secondary N) is 1. The fraction of sp³-hybridized carbons (Fsp3) is 0.562. The summed E-state index contributed by atoms with van der Waals surface area (Å²) in [5, 5.41) is 7.63. The van der Waals surface area contributed by atoms with Gasteiger partial charge in [0.25, 0.3) is 0 Å². The second-order valence-corrected chi connectivity index (χ2v) is 6.97. The third-order valence-electron chi connectivity index (χ3n) is 4.84. The zero-order chi connectivity index (χ0) is 15.1. The van der Waals surface area contributed by atoms with E-state index in [1.54, 1.807) is 6.07 Å². The first kappa shape index (κ1) is 14.3. The largest absolute Gasteiger partial charge is 0.443 e. The van der Waals surface area contributed by atoms with E-state index in [0.717, 1.165) is 43.0 Å². The van der Waals surface area contributed by atoms with E-state index < -0.39 is 0 Å². The van der Waals surface area contributed by atoms with Crippen molar-refractivity contribution in [2.24, 2.45) is 5.92 Å². The van der Waals surface area contributed by atoms with Gasteiger partial charge in [0.15, 0.2) is 11.0 Å². The van der Waals surface area contributed by atoms with Crippen molar-refractivity contribution in [1.29, 1.82) is 0 Å². The van der Waals surface area contributed by atoms with Gasteiger partial charge in [0.2, 0.25) is 0 Å². The maximum Gasteiger partial charge on any atom is 0.194 e. The standard InChI is InChI=1S/C16H21ClN4O/c1-11-6-13-10-20(4-5-21(13)8-11)9-12-7-18-19-16(12)14-2-3-15(17)22-14/h2-3,7,11,13H,4-6,8-10H2,1H3,(H,18,19). The Morgan fingerprint density at radius 3 is 3.09 bits per heavy atom. The highest BCUT2D eigenvalue weighted by Crippen LogP contribution is 2.29. The highest BCUT2D eigenvalue weighted by atomic mass is 35.5. The maximum absolute atomic E-state index is 5.88. The van der Waals surface area contributed by atoms with Crippen molar-refractivity contribution in [3.63, 3.8) is 0 Å². The number of rotatable bonds is 3. The molecule has 0 amide bonds. The SMILES string of the molecule is CC1CC2CN(Cc3cn[nH]c3-c3ccc(Cl)o3)CCN2C1. The molecule has 2 aliphatic heterocycles. The number of piperazine rings is 1. The molecular weight excluding hydrogens is 300 g/mol. The van der Waals surface area contributed by atoms with E-state index in [9.17, 15) is 0 Å². The molecule has 0 saturated carbocycles. The van der Waals surface area contributed by atoms with Crippen molar-refractivity contribution in [3.8, 4) is 11.5 Å². The Kier molecular flexibility index (Phi) is 3.72. The average Bonchev–Trinajstić information content (AvgIpc) is 3.17. The Morgan fingerprint density at radius 2 is 2.27 bits per heavy atom. The molecule has 4 rings (SSSR count). The summed E-state index contributed by atoms with van der Waals surface area (Å²) in [5.41, 5.74) is 2.11. The first-order valence-electron chi connectivity index (χ1n) is 7.93. The van der Waals surface area contributed by atoms with Crippen LogP contribution in [0.15, 0.2) is 22.7 Å². The molecule has 0 aliphatic carbocycles. The minimum absolute atomic E-state index is 0.407. The third kappa shape index (κ3) is 2.69. The number of aromatic nitrogens is 2. The summed E-state index contributed by atoms with van der Waals surface area (Å²) in [4.78, 5) is 5.17. The zero-order valence-corrected chi connectivity index (χ0v) is 13.5. The Balaban J connectivity index is 1.47. The minimum Gasteiger partial charge on any atom is -0.443 e. The molecule has 4 heterocycles. The molecule has 2 aromatic rings. The molecule has 2 fully saturated rings. The van der Waals surface area contributed by atoms with Crippen LogP contribution < -0.4 is 0 Å². The van der Waals surface area contributed by atoms with Gasteiger partial charge in [-0.15, -0.1) is 0 Å². The summed E-state index contributed by atoms with van der Waals surface area (Å²) in [7, 11) is 0. The summed E-state index contributed by atoms with van der Waals surface area (Å²) in [6, 6.07) is 4.37. The summed E-state index contributed by atoms with van der Waals surface area (Å²) in [6.07, 6.45) is 3.22. The van der Waals surface area contributed by atoms with Crippen molar-refractivity contribution in [1.82, 2.24) is 20.0 Å². The van der Waals surface area contributed by atoms with Crippen molar-refractivity contribution in [3.05, 3.63) is 29.1 Å². The van der Waals surface area contributed by atoms with Gasteiger partial charge in [-0.2, -0.15) is 5.10 Å². The van der Waals surface area contributed by atoms with Crippen LogP contribution in [0.3, 0.4) is 0 Å². The van der Waals surface area contributed by atoms with Crippen LogP contribution in [0, 0.1) is 5.92 Å². The number of H-pyrrole nitrogens is 1. The number of aromatic amines is 1. The number of fused-ring (bicyclic) bond motifs is 1. The van der Waals surface area contributed by atoms with Gasteiger partial charge < -0.3 is 4.42 Å². The van der Waals surface area contributed by atoms with E-state index in [1.807, 2.05) is 12.3 Å². The number of hydrogen-bond donors (Lipinski definition) is 1. The Morgan fingerprint density at radius 1 is 1.36 bits per heavy atom. The number of hydrogen-bond acceptors (Lipinski definition) is 4. The molecule has 0 radical (unpaired) electrons. The Labute approximate surface area is 135 Å². The van der Waals surface area contributed by atoms with Crippen LogP contribution in [0.25, 0.3) is 11.5 Å². The van der Waals surface area contributed by atoms with Crippen LogP contribution in [0.5, 0.6) is 0 Å². The van der Waals surface area contributed by atoms with Gasteiger partial charge in [-0.05, 0) is 36.1 Å². The highest BCUT2D eigenvalue weighted by Gasteiger charge is 2.34. The number of nitrogens with zero attached hydrogens (tertiary/aromatic N) is 3. The normalized spacial score (nSPS) is 26.5. The van der Waals surface area contributed by atoms with Gasteiger partial charge in [-0.25, -0.2) is 0 Å². The summed E-state index contributed by atoms with van der Waals surface area (Å²) in [5.74, 6) is 1.59. The van der Waals surface area contributed by atoms with Crippen LogP contribution in [-0.2, 0) is 6.54 Å². The molecule has 5 nitrogen and oxygen atoms in total. The van der Waals surface area contributed by atoms with Crippen molar-refractivity contribution >= 4 is 11.6 Å². The van der Waals surface area contributed by atoms with E-state index in [4.69, 9.17) is 16.0 Å². The van der Waals surface area contributed by atoms with Gasteiger partial charge in [-0.3, -0.25) is 14.9 Å². The Bertz CT molecular complexity index is 652. The van der Waals surface area contributed by atoms with E-state index in [0.29, 0.717) is 5.22 Å². The zero-order valence-electron chi connectivity index (χ0n) is 12.8. The van der Waals surface area contributed by atoms with Gasteiger partial charge >= 0.3 is 0 Å².